The highest BCUT2D eigenvalue weighted by atomic mass is 19.4. The van der Waals surface area contributed by atoms with E-state index in [-0.39, 0.29) is 22.4 Å². The SMILES string of the molecule is CC(C)(C)c1ccc(-c2ccccc2OC(F)(F)F)c([N+]#N)c1. The lowest BCUT2D eigenvalue weighted by atomic mass is 9.85. The van der Waals surface area contributed by atoms with E-state index in [1.165, 1.54) is 18.2 Å². The number of hydrogen-bond donors (Lipinski definition) is 0. The molecule has 0 saturated carbocycles. The molecule has 23 heavy (non-hydrogen) atoms. The molecule has 0 amide bonds. The maximum Gasteiger partial charge on any atom is 0.573 e. The predicted octanol–water partition coefficient (Wildman–Crippen LogP) is 6.03. The van der Waals surface area contributed by atoms with Gasteiger partial charge in [-0.05, 0) is 23.1 Å². The summed E-state index contributed by atoms with van der Waals surface area (Å²) in [6.45, 7) is 5.97. The number of diazo groups is 1. The van der Waals surface area contributed by atoms with Crippen LogP contribution < -0.4 is 4.74 Å². The van der Waals surface area contributed by atoms with Crippen molar-refractivity contribution in [3.8, 4) is 16.9 Å². The van der Waals surface area contributed by atoms with Crippen molar-refractivity contribution < 1.29 is 17.9 Å². The lowest BCUT2D eigenvalue weighted by Crippen LogP contribution is -2.17. The molecular weight excluding hydrogens is 305 g/mol. The molecule has 2 rings (SSSR count). The minimum atomic E-state index is -4.79. The first-order valence-corrected chi connectivity index (χ1v) is 6.96. The summed E-state index contributed by atoms with van der Waals surface area (Å²) in [6, 6.07) is 10.8. The summed E-state index contributed by atoms with van der Waals surface area (Å²) in [5.41, 5.74) is 1.48. The first-order chi connectivity index (χ1) is 10.6. The molecule has 0 radical (unpaired) electrons. The molecule has 0 bridgehead atoms. The third-order valence-corrected chi connectivity index (χ3v) is 3.37. The van der Waals surface area contributed by atoms with Crippen LogP contribution in [0.4, 0.5) is 18.9 Å². The van der Waals surface area contributed by atoms with Crippen LogP contribution in [0.25, 0.3) is 16.1 Å². The fourth-order valence-electron chi connectivity index (χ4n) is 2.21. The highest BCUT2D eigenvalue weighted by Gasteiger charge is 2.33. The Kier molecular flexibility index (Phi) is 4.33. The van der Waals surface area contributed by atoms with Crippen molar-refractivity contribution >= 4 is 5.69 Å². The summed E-state index contributed by atoms with van der Waals surface area (Å²) in [5.74, 6) is -0.339. The van der Waals surface area contributed by atoms with Crippen LogP contribution in [-0.2, 0) is 5.41 Å². The Morgan fingerprint density at radius 1 is 0.957 bits per heavy atom. The number of halogens is 3. The molecule has 0 spiro atoms. The number of ether oxygens (including phenoxy) is 1. The Morgan fingerprint density at radius 2 is 1.61 bits per heavy atom. The number of hydrogen-bond acceptors (Lipinski definition) is 2. The van der Waals surface area contributed by atoms with Crippen LogP contribution in [0.1, 0.15) is 26.3 Å². The standard InChI is InChI=1S/C17H16F3N2O/c1-16(2,3)11-8-9-12(14(10-11)22-21)13-6-4-5-7-15(13)23-17(18,19)20/h4-10H,1-3H3/q+1. The van der Waals surface area contributed by atoms with Gasteiger partial charge in [-0.2, -0.15) is 0 Å². The number of nitrogens with zero attached hydrogens (tertiary/aromatic N) is 2. The molecule has 2 aromatic carbocycles. The van der Waals surface area contributed by atoms with Gasteiger partial charge in [-0.15, -0.1) is 13.2 Å². The molecule has 0 aliphatic carbocycles. The van der Waals surface area contributed by atoms with E-state index >= 15 is 0 Å². The largest absolute Gasteiger partial charge is 0.573 e. The van der Waals surface area contributed by atoms with Crippen molar-refractivity contribution in [1.82, 2.24) is 0 Å². The third-order valence-electron chi connectivity index (χ3n) is 3.37. The van der Waals surface area contributed by atoms with Crippen molar-refractivity contribution in [2.75, 3.05) is 0 Å². The van der Waals surface area contributed by atoms with Crippen LogP contribution in [0.5, 0.6) is 5.75 Å². The normalized spacial score (nSPS) is 11.9. The minimum absolute atomic E-state index is 0.181. The van der Waals surface area contributed by atoms with Gasteiger partial charge in [-0.3, -0.25) is 0 Å². The first-order valence-electron chi connectivity index (χ1n) is 6.96. The Hall–Kier alpha value is -2.55. The molecule has 0 N–H and O–H groups in total. The molecule has 0 fully saturated rings. The zero-order valence-corrected chi connectivity index (χ0v) is 13.0. The topological polar surface area (TPSA) is 37.4 Å². The average molecular weight is 321 g/mol. The van der Waals surface area contributed by atoms with Crippen molar-refractivity contribution in [1.29, 1.82) is 5.39 Å². The summed E-state index contributed by atoms with van der Waals surface area (Å²) in [7, 11) is 0. The predicted molar refractivity (Wildman–Crippen MR) is 82.0 cm³/mol. The van der Waals surface area contributed by atoms with E-state index in [0.29, 0.717) is 5.56 Å². The monoisotopic (exact) mass is 321 g/mol. The fraction of sp³-hybridized carbons (Fsp3) is 0.294. The van der Waals surface area contributed by atoms with E-state index in [0.717, 1.165) is 5.56 Å². The van der Waals surface area contributed by atoms with Gasteiger partial charge in [0.2, 0.25) is 5.39 Å². The van der Waals surface area contributed by atoms with Crippen LogP contribution in [-0.4, -0.2) is 6.36 Å². The molecule has 0 aromatic heterocycles. The van der Waals surface area contributed by atoms with Crippen LogP contribution in [0.2, 0.25) is 0 Å². The van der Waals surface area contributed by atoms with Crippen molar-refractivity contribution in [3.63, 3.8) is 0 Å². The summed E-state index contributed by atoms with van der Waals surface area (Å²) in [6.07, 6.45) is -4.79. The molecular formula is C17H16F3N2O+. The Balaban J connectivity index is 2.58. The third kappa shape index (κ3) is 4.01. The average Bonchev–Trinajstić information content (AvgIpc) is 2.44. The second-order valence-corrected chi connectivity index (χ2v) is 6.13. The Labute approximate surface area is 132 Å². The quantitative estimate of drug-likeness (QED) is 0.633. The Bertz CT molecular complexity index is 756. The number of alkyl halides is 3. The van der Waals surface area contributed by atoms with Gasteiger partial charge in [0, 0.05) is 11.6 Å². The molecule has 0 heterocycles. The number of rotatable bonds is 2. The highest BCUT2D eigenvalue weighted by Crippen LogP contribution is 2.40. The van der Waals surface area contributed by atoms with Gasteiger partial charge in [0.1, 0.15) is 5.75 Å². The van der Waals surface area contributed by atoms with Gasteiger partial charge in [0.05, 0.1) is 5.56 Å². The lowest BCUT2D eigenvalue weighted by molar-refractivity contribution is -0.274. The van der Waals surface area contributed by atoms with Gasteiger partial charge in [0.25, 0.3) is 0 Å². The first kappa shape index (κ1) is 16.8. The lowest BCUT2D eigenvalue weighted by Gasteiger charge is -2.18. The number of benzene rings is 2. The van der Waals surface area contributed by atoms with E-state index in [1.54, 1.807) is 24.3 Å². The van der Waals surface area contributed by atoms with Crippen LogP contribution in [0, 0.1) is 5.39 Å². The molecule has 6 heteroatoms. The summed E-state index contributed by atoms with van der Waals surface area (Å²) in [4.78, 5) is 3.22. The zero-order chi connectivity index (χ0) is 17.3. The zero-order valence-electron chi connectivity index (χ0n) is 13.0. The molecule has 0 atom stereocenters. The number of para-hydroxylation sites is 1. The van der Waals surface area contributed by atoms with Crippen LogP contribution >= 0.6 is 0 Å². The van der Waals surface area contributed by atoms with Gasteiger partial charge in [0.15, 0.2) is 4.98 Å². The maximum atomic E-state index is 12.5. The van der Waals surface area contributed by atoms with Crippen molar-refractivity contribution in [3.05, 3.63) is 53.0 Å². The highest BCUT2D eigenvalue weighted by molar-refractivity contribution is 5.82. The van der Waals surface area contributed by atoms with Gasteiger partial charge < -0.3 is 4.74 Å². The fourth-order valence-corrected chi connectivity index (χ4v) is 2.21. The summed E-state index contributed by atoms with van der Waals surface area (Å²) >= 11 is 0. The van der Waals surface area contributed by atoms with E-state index in [4.69, 9.17) is 0 Å². The summed E-state index contributed by atoms with van der Waals surface area (Å²) in [5, 5.41) is 9.26. The van der Waals surface area contributed by atoms with Crippen LogP contribution in [0.15, 0.2) is 42.5 Å². The molecule has 120 valence electrons. The van der Waals surface area contributed by atoms with Gasteiger partial charge in [-0.1, -0.05) is 45.0 Å². The van der Waals surface area contributed by atoms with Gasteiger partial charge >= 0.3 is 12.0 Å². The second-order valence-electron chi connectivity index (χ2n) is 6.13. The molecule has 0 saturated heterocycles. The molecule has 3 nitrogen and oxygen atoms in total. The van der Waals surface area contributed by atoms with Crippen LogP contribution in [0.3, 0.4) is 0 Å². The van der Waals surface area contributed by atoms with Crippen molar-refractivity contribution in [2.24, 2.45) is 0 Å². The minimum Gasteiger partial charge on any atom is -0.405 e. The molecule has 0 unspecified atom stereocenters. The van der Waals surface area contributed by atoms with E-state index in [9.17, 15) is 18.6 Å². The van der Waals surface area contributed by atoms with E-state index in [2.05, 4.69) is 9.71 Å². The maximum absolute atomic E-state index is 12.5. The van der Waals surface area contributed by atoms with E-state index in [1.807, 2.05) is 20.8 Å². The van der Waals surface area contributed by atoms with Gasteiger partial charge in [-0.25, -0.2) is 0 Å². The smallest absolute Gasteiger partial charge is 0.405 e. The second kappa shape index (κ2) is 5.92. The molecule has 0 aliphatic rings. The molecule has 0 aliphatic heterocycles. The molecule has 2 aromatic rings. The van der Waals surface area contributed by atoms with E-state index < -0.39 is 6.36 Å². The summed E-state index contributed by atoms with van der Waals surface area (Å²) < 4.78 is 41.7. The Morgan fingerprint density at radius 3 is 2.17 bits per heavy atom. The van der Waals surface area contributed by atoms with Crippen molar-refractivity contribution in [2.45, 2.75) is 32.5 Å².